The van der Waals surface area contributed by atoms with E-state index in [0.29, 0.717) is 38.0 Å². The van der Waals surface area contributed by atoms with E-state index in [1.54, 1.807) is 30.3 Å². The number of benzene rings is 3. The van der Waals surface area contributed by atoms with Gasteiger partial charge >= 0.3 is 5.97 Å². The third-order valence-electron chi connectivity index (χ3n) is 5.00. The Morgan fingerprint density at radius 1 is 0.970 bits per heavy atom. The van der Waals surface area contributed by atoms with Crippen molar-refractivity contribution < 1.29 is 23.5 Å². The predicted molar refractivity (Wildman–Crippen MR) is 127 cm³/mol. The zero-order chi connectivity index (χ0) is 23.4. The van der Waals surface area contributed by atoms with Gasteiger partial charge in [-0.25, -0.2) is 0 Å². The maximum absolute atomic E-state index is 13.2. The van der Waals surface area contributed by atoms with Crippen LogP contribution in [0.1, 0.15) is 21.5 Å². The lowest BCUT2D eigenvalue weighted by Crippen LogP contribution is -2.14. The number of nitrogens with one attached hydrogen (secondary N) is 1. The molecule has 0 spiro atoms. The van der Waals surface area contributed by atoms with E-state index in [2.05, 4.69) is 5.32 Å². The topological polar surface area (TPSA) is 77.8 Å². The fraction of sp³-hybridized carbons (Fsp3) is 0.120. The summed E-state index contributed by atoms with van der Waals surface area (Å²) in [5.74, 6) is -0.482. The number of para-hydroxylation sites is 1. The SMILES string of the molecule is COc1ccc(C(=O)Nc2c(Cl)cccc2Cl)c2c(CC(=O)OCc3ccccc3)coc12. The third kappa shape index (κ3) is 4.97. The number of esters is 1. The molecule has 1 heterocycles. The minimum Gasteiger partial charge on any atom is -0.493 e. The molecule has 8 heteroatoms. The van der Waals surface area contributed by atoms with E-state index in [1.807, 2.05) is 30.3 Å². The van der Waals surface area contributed by atoms with Crippen LogP contribution in [0.4, 0.5) is 5.69 Å². The van der Waals surface area contributed by atoms with Crippen molar-refractivity contribution in [1.29, 1.82) is 0 Å². The highest BCUT2D eigenvalue weighted by atomic mass is 35.5. The number of halogens is 2. The van der Waals surface area contributed by atoms with Crippen LogP contribution < -0.4 is 10.1 Å². The molecule has 0 saturated heterocycles. The zero-order valence-corrected chi connectivity index (χ0v) is 19.1. The second-order valence-electron chi connectivity index (χ2n) is 7.15. The Balaban J connectivity index is 1.63. The Kier molecular flexibility index (Phi) is 6.87. The van der Waals surface area contributed by atoms with E-state index in [1.165, 1.54) is 13.4 Å². The van der Waals surface area contributed by atoms with E-state index in [9.17, 15) is 9.59 Å². The van der Waals surface area contributed by atoms with Gasteiger partial charge in [0.2, 0.25) is 0 Å². The van der Waals surface area contributed by atoms with Gasteiger partial charge in [-0.3, -0.25) is 9.59 Å². The summed E-state index contributed by atoms with van der Waals surface area (Å²) in [4.78, 5) is 25.7. The summed E-state index contributed by atoms with van der Waals surface area (Å²) in [5.41, 5.74) is 2.29. The molecule has 0 bridgehead atoms. The van der Waals surface area contributed by atoms with E-state index in [4.69, 9.17) is 37.1 Å². The molecule has 3 aromatic carbocycles. The molecule has 0 unspecified atom stereocenters. The number of methoxy groups -OCH3 is 1. The van der Waals surface area contributed by atoms with Crippen LogP contribution in [-0.4, -0.2) is 19.0 Å². The van der Waals surface area contributed by atoms with Gasteiger partial charge < -0.3 is 19.2 Å². The lowest BCUT2D eigenvalue weighted by atomic mass is 10.0. The molecule has 4 aromatic rings. The number of carbonyl (C=O) groups excluding carboxylic acids is 2. The zero-order valence-electron chi connectivity index (χ0n) is 17.6. The van der Waals surface area contributed by atoms with Crippen molar-refractivity contribution in [1.82, 2.24) is 0 Å². The fourth-order valence-electron chi connectivity index (χ4n) is 3.41. The predicted octanol–water partition coefficient (Wildman–Crippen LogP) is 6.29. The molecule has 1 aromatic heterocycles. The van der Waals surface area contributed by atoms with Gasteiger partial charge in [0, 0.05) is 10.9 Å². The molecule has 0 aliphatic heterocycles. The van der Waals surface area contributed by atoms with E-state index in [0.717, 1.165) is 5.56 Å². The van der Waals surface area contributed by atoms with Crippen LogP contribution in [0.5, 0.6) is 5.75 Å². The quantitative estimate of drug-likeness (QED) is 0.312. The first-order valence-corrected chi connectivity index (χ1v) is 10.8. The largest absolute Gasteiger partial charge is 0.493 e. The number of anilines is 1. The van der Waals surface area contributed by atoms with Crippen LogP contribution in [0, 0.1) is 0 Å². The molecule has 0 radical (unpaired) electrons. The first kappa shape index (κ1) is 22.7. The molecule has 0 aliphatic carbocycles. The highest BCUT2D eigenvalue weighted by molar-refractivity contribution is 6.40. The number of rotatable bonds is 7. The molecular weight excluding hydrogens is 465 g/mol. The van der Waals surface area contributed by atoms with Crippen LogP contribution in [0.3, 0.4) is 0 Å². The second-order valence-corrected chi connectivity index (χ2v) is 7.97. The lowest BCUT2D eigenvalue weighted by Gasteiger charge is -2.11. The van der Waals surface area contributed by atoms with E-state index < -0.39 is 11.9 Å². The molecule has 1 N–H and O–H groups in total. The van der Waals surface area contributed by atoms with Gasteiger partial charge in [-0.15, -0.1) is 0 Å². The lowest BCUT2D eigenvalue weighted by molar-refractivity contribution is -0.144. The fourth-order valence-corrected chi connectivity index (χ4v) is 3.90. The molecule has 0 atom stereocenters. The third-order valence-corrected chi connectivity index (χ3v) is 5.63. The minimum absolute atomic E-state index is 0.0832. The summed E-state index contributed by atoms with van der Waals surface area (Å²) in [6.07, 6.45) is 1.34. The summed E-state index contributed by atoms with van der Waals surface area (Å²) < 4.78 is 16.4. The second kappa shape index (κ2) is 9.98. The number of hydrogen-bond acceptors (Lipinski definition) is 5. The number of hydrogen-bond donors (Lipinski definition) is 1. The molecular formula is C25H19Cl2NO5. The maximum atomic E-state index is 13.2. The van der Waals surface area contributed by atoms with Gasteiger partial charge in [-0.1, -0.05) is 59.6 Å². The van der Waals surface area contributed by atoms with Crippen molar-refractivity contribution in [3.63, 3.8) is 0 Å². The Bertz CT molecular complexity index is 1300. The number of carbonyl (C=O) groups is 2. The molecule has 33 heavy (non-hydrogen) atoms. The highest BCUT2D eigenvalue weighted by Gasteiger charge is 2.22. The molecule has 168 valence electrons. The highest BCUT2D eigenvalue weighted by Crippen LogP contribution is 2.35. The Labute approximate surface area is 200 Å². The van der Waals surface area contributed by atoms with E-state index in [-0.39, 0.29) is 18.6 Å². The van der Waals surface area contributed by atoms with Crippen LogP contribution in [0.25, 0.3) is 11.0 Å². The van der Waals surface area contributed by atoms with Crippen LogP contribution in [0.2, 0.25) is 10.0 Å². The van der Waals surface area contributed by atoms with Crippen molar-refractivity contribution in [3.05, 3.63) is 93.7 Å². The Morgan fingerprint density at radius 3 is 2.39 bits per heavy atom. The summed E-state index contributed by atoms with van der Waals surface area (Å²) in [6.45, 7) is 0.150. The summed E-state index contributed by atoms with van der Waals surface area (Å²) in [5, 5.41) is 3.80. The first-order valence-electron chi connectivity index (χ1n) is 10.00. The normalized spacial score (nSPS) is 10.8. The van der Waals surface area contributed by atoms with Gasteiger partial charge in [0.1, 0.15) is 6.61 Å². The number of ether oxygens (including phenoxy) is 2. The number of amides is 1. The van der Waals surface area contributed by atoms with Crippen molar-refractivity contribution >= 4 is 51.7 Å². The number of fused-ring (bicyclic) bond motifs is 1. The summed E-state index contributed by atoms with van der Waals surface area (Å²) >= 11 is 12.4. The van der Waals surface area contributed by atoms with Crippen molar-refractivity contribution in [2.45, 2.75) is 13.0 Å². The van der Waals surface area contributed by atoms with Crippen LogP contribution in [-0.2, 0) is 22.6 Å². The van der Waals surface area contributed by atoms with Crippen molar-refractivity contribution in [2.75, 3.05) is 12.4 Å². The average Bonchev–Trinajstić information content (AvgIpc) is 3.24. The van der Waals surface area contributed by atoms with Gasteiger partial charge in [0.15, 0.2) is 11.3 Å². The molecule has 1 amide bonds. The van der Waals surface area contributed by atoms with Gasteiger partial charge in [-0.2, -0.15) is 0 Å². The van der Waals surface area contributed by atoms with Crippen LogP contribution in [0.15, 0.2) is 71.3 Å². The first-order chi connectivity index (χ1) is 16.0. The Morgan fingerprint density at radius 2 is 1.70 bits per heavy atom. The molecule has 6 nitrogen and oxygen atoms in total. The molecule has 0 aliphatic rings. The van der Waals surface area contributed by atoms with Crippen LogP contribution >= 0.6 is 23.2 Å². The summed E-state index contributed by atoms with van der Waals surface area (Å²) in [6, 6.07) is 17.5. The average molecular weight is 484 g/mol. The molecule has 4 rings (SSSR count). The van der Waals surface area contributed by atoms with Gasteiger partial charge in [0.05, 0.1) is 41.1 Å². The van der Waals surface area contributed by atoms with Crippen molar-refractivity contribution in [3.8, 4) is 5.75 Å². The maximum Gasteiger partial charge on any atom is 0.310 e. The molecule has 0 fully saturated rings. The summed E-state index contributed by atoms with van der Waals surface area (Å²) in [7, 11) is 1.49. The number of furan rings is 1. The minimum atomic E-state index is -0.460. The van der Waals surface area contributed by atoms with Gasteiger partial charge in [0.25, 0.3) is 5.91 Å². The molecule has 0 saturated carbocycles. The standard InChI is InChI=1S/C25H19Cl2NO5/c1-31-20-11-10-17(25(30)28-23-18(26)8-5-9-19(23)27)22-16(14-33-24(20)22)12-21(29)32-13-15-6-3-2-4-7-15/h2-11,14H,12-13H2,1H3,(H,28,30). The van der Waals surface area contributed by atoms with E-state index >= 15 is 0 Å². The van der Waals surface area contributed by atoms with Gasteiger partial charge in [-0.05, 0) is 29.8 Å². The monoisotopic (exact) mass is 483 g/mol. The smallest absolute Gasteiger partial charge is 0.310 e. The van der Waals surface area contributed by atoms with Crippen molar-refractivity contribution in [2.24, 2.45) is 0 Å². The Hall–Kier alpha value is -3.48.